The molecule has 24 heavy (non-hydrogen) atoms. The van der Waals surface area contributed by atoms with Crippen LogP contribution in [0.2, 0.25) is 0 Å². The van der Waals surface area contributed by atoms with Gasteiger partial charge in [0.05, 0.1) is 13.2 Å². The van der Waals surface area contributed by atoms with Gasteiger partial charge in [-0.25, -0.2) is 4.79 Å². The van der Waals surface area contributed by atoms with Crippen molar-refractivity contribution in [3.8, 4) is 0 Å². The average molecular weight is 332 g/mol. The van der Waals surface area contributed by atoms with E-state index in [4.69, 9.17) is 9.47 Å². The molecule has 1 aromatic rings. The molecule has 0 radical (unpaired) electrons. The van der Waals surface area contributed by atoms with Crippen LogP contribution in [-0.4, -0.2) is 43.0 Å². The lowest BCUT2D eigenvalue weighted by atomic mass is 9.98. The monoisotopic (exact) mass is 332 g/mol. The van der Waals surface area contributed by atoms with Gasteiger partial charge in [0.2, 0.25) is 0 Å². The first-order chi connectivity index (χ1) is 11.5. The SMILES string of the molecule is Cc1cccc(C(C)C)c1NC(=O)N1CCC2(CC1)OCCCO2. The van der Waals surface area contributed by atoms with Gasteiger partial charge in [0, 0.05) is 31.6 Å². The number of aryl methyl sites for hydroxylation is 1. The Bertz CT molecular complexity index is 584. The van der Waals surface area contributed by atoms with Gasteiger partial charge in [-0.15, -0.1) is 0 Å². The van der Waals surface area contributed by atoms with Crippen LogP contribution in [0, 0.1) is 6.92 Å². The number of rotatable bonds is 2. The smallest absolute Gasteiger partial charge is 0.321 e. The number of anilines is 1. The zero-order valence-electron chi connectivity index (χ0n) is 14.9. The van der Waals surface area contributed by atoms with Crippen LogP contribution in [0.15, 0.2) is 18.2 Å². The van der Waals surface area contributed by atoms with Gasteiger partial charge in [-0.1, -0.05) is 32.0 Å². The quantitative estimate of drug-likeness (QED) is 0.894. The summed E-state index contributed by atoms with van der Waals surface area (Å²) in [4.78, 5) is 14.6. The van der Waals surface area contributed by atoms with Crippen molar-refractivity contribution in [2.75, 3.05) is 31.6 Å². The number of ether oxygens (including phenoxy) is 2. The summed E-state index contributed by atoms with van der Waals surface area (Å²) in [6.45, 7) is 9.17. The number of carbonyl (C=O) groups is 1. The molecule has 1 aromatic carbocycles. The second-order valence-corrected chi connectivity index (χ2v) is 7.07. The van der Waals surface area contributed by atoms with Crippen LogP contribution in [-0.2, 0) is 9.47 Å². The fourth-order valence-corrected chi connectivity index (χ4v) is 3.48. The Balaban J connectivity index is 1.64. The fourth-order valence-electron chi connectivity index (χ4n) is 3.48. The topological polar surface area (TPSA) is 50.8 Å². The van der Waals surface area contributed by atoms with Crippen LogP contribution in [0.25, 0.3) is 0 Å². The molecule has 0 bridgehead atoms. The van der Waals surface area contributed by atoms with Gasteiger partial charge in [0.1, 0.15) is 0 Å². The summed E-state index contributed by atoms with van der Waals surface area (Å²) in [5, 5.41) is 3.13. The molecule has 2 aliphatic rings. The predicted octanol–water partition coefficient (Wildman–Crippen LogP) is 3.88. The Labute approximate surface area is 144 Å². The molecule has 2 heterocycles. The van der Waals surface area contributed by atoms with Crippen molar-refractivity contribution >= 4 is 11.7 Å². The second-order valence-electron chi connectivity index (χ2n) is 7.07. The summed E-state index contributed by atoms with van der Waals surface area (Å²) >= 11 is 0. The van der Waals surface area contributed by atoms with Crippen LogP contribution in [0.5, 0.6) is 0 Å². The first-order valence-corrected chi connectivity index (χ1v) is 8.94. The number of urea groups is 1. The number of piperidine rings is 1. The summed E-state index contributed by atoms with van der Waals surface area (Å²) < 4.78 is 11.7. The van der Waals surface area contributed by atoms with Gasteiger partial charge in [0.15, 0.2) is 5.79 Å². The number of benzene rings is 1. The van der Waals surface area contributed by atoms with Crippen molar-refractivity contribution in [2.24, 2.45) is 0 Å². The number of carbonyl (C=O) groups excluding carboxylic acids is 1. The average Bonchev–Trinajstić information content (AvgIpc) is 2.57. The highest BCUT2D eigenvalue weighted by molar-refractivity contribution is 5.91. The van der Waals surface area contributed by atoms with E-state index in [2.05, 4.69) is 25.2 Å². The molecule has 1 spiro atoms. The summed E-state index contributed by atoms with van der Waals surface area (Å²) in [5.74, 6) is -0.0882. The van der Waals surface area contributed by atoms with Crippen LogP contribution < -0.4 is 5.32 Å². The summed E-state index contributed by atoms with van der Waals surface area (Å²) in [6, 6.07) is 6.14. The summed E-state index contributed by atoms with van der Waals surface area (Å²) in [6.07, 6.45) is 2.44. The van der Waals surface area contributed by atoms with Gasteiger partial charge in [-0.05, 0) is 30.4 Å². The standard InChI is InChI=1S/C19H28N2O3/c1-14(2)16-7-4-6-15(3)17(16)20-18(22)21-10-8-19(9-11-21)23-12-5-13-24-19/h4,6-7,14H,5,8-13H2,1-3H3,(H,20,22). The highest BCUT2D eigenvalue weighted by atomic mass is 16.7. The molecule has 5 heteroatoms. The van der Waals surface area contributed by atoms with Crippen molar-refractivity contribution in [1.82, 2.24) is 4.90 Å². The Hall–Kier alpha value is -1.59. The molecule has 2 aliphatic heterocycles. The Morgan fingerprint density at radius 1 is 1.21 bits per heavy atom. The van der Waals surface area contributed by atoms with Crippen LogP contribution in [0.4, 0.5) is 10.5 Å². The maximum atomic E-state index is 12.7. The third-order valence-corrected chi connectivity index (χ3v) is 4.99. The molecular formula is C19H28N2O3. The van der Waals surface area contributed by atoms with Crippen molar-refractivity contribution in [3.05, 3.63) is 29.3 Å². The van der Waals surface area contributed by atoms with E-state index >= 15 is 0 Å². The second kappa shape index (κ2) is 7.11. The molecular weight excluding hydrogens is 304 g/mol. The van der Waals surface area contributed by atoms with E-state index in [1.807, 2.05) is 24.0 Å². The molecule has 5 nitrogen and oxygen atoms in total. The van der Waals surface area contributed by atoms with Gasteiger partial charge in [-0.2, -0.15) is 0 Å². The molecule has 0 atom stereocenters. The molecule has 0 unspecified atom stereocenters. The number of likely N-dealkylation sites (tertiary alicyclic amines) is 1. The highest BCUT2D eigenvalue weighted by Gasteiger charge is 2.39. The Morgan fingerprint density at radius 2 is 1.88 bits per heavy atom. The maximum absolute atomic E-state index is 12.7. The lowest BCUT2D eigenvalue weighted by Crippen LogP contribution is -2.52. The van der Waals surface area contributed by atoms with Crippen molar-refractivity contribution < 1.29 is 14.3 Å². The predicted molar refractivity (Wildman–Crippen MR) is 94.3 cm³/mol. The van der Waals surface area contributed by atoms with Gasteiger partial charge >= 0.3 is 6.03 Å². The van der Waals surface area contributed by atoms with Gasteiger partial charge < -0.3 is 19.7 Å². The van der Waals surface area contributed by atoms with Crippen LogP contribution in [0.3, 0.4) is 0 Å². The molecule has 0 aliphatic carbocycles. The molecule has 2 saturated heterocycles. The maximum Gasteiger partial charge on any atom is 0.321 e. The molecule has 0 aromatic heterocycles. The molecule has 2 amide bonds. The number of para-hydroxylation sites is 1. The van der Waals surface area contributed by atoms with E-state index < -0.39 is 5.79 Å². The van der Waals surface area contributed by atoms with E-state index in [0.717, 1.165) is 43.7 Å². The molecule has 2 fully saturated rings. The summed E-state index contributed by atoms with van der Waals surface area (Å²) in [5.41, 5.74) is 3.22. The number of nitrogens with one attached hydrogen (secondary N) is 1. The van der Waals surface area contributed by atoms with E-state index in [-0.39, 0.29) is 6.03 Å². The minimum atomic E-state index is -0.458. The van der Waals surface area contributed by atoms with Crippen molar-refractivity contribution in [2.45, 2.75) is 51.7 Å². The van der Waals surface area contributed by atoms with E-state index in [1.54, 1.807) is 0 Å². The number of hydrogen-bond acceptors (Lipinski definition) is 3. The zero-order valence-corrected chi connectivity index (χ0v) is 14.9. The van der Waals surface area contributed by atoms with Gasteiger partial charge in [0.25, 0.3) is 0 Å². The minimum Gasteiger partial charge on any atom is -0.350 e. The third-order valence-electron chi connectivity index (χ3n) is 4.99. The lowest BCUT2D eigenvalue weighted by molar-refractivity contribution is -0.281. The Morgan fingerprint density at radius 3 is 2.50 bits per heavy atom. The first kappa shape index (κ1) is 17.2. The highest BCUT2D eigenvalue weighted by Crippen LogP contribution is 2.32. The van der Waals surface area contributed by atoms with Crippen LogP contribution in [0.1, 0.15) is 50.2 Å². The van der Waals surface area contributed by atoms with Gasteiger partial charge in [-0.3, -0.25) is 0 Å². The molecule has 1 N–H and O–H groups in total. The third kappa shape index (κ3) is 3.57. The van der Waals surface area contributed by atoms with Crippen molar-refractivity contribution in [3.63, 3.8) is 0 Å². The van der Waals surface area contributed by atoms with E-state index in [0.29, 0.717) is 19.0 Å². The minimum absolute atomic E-state index is 0.0307. The van der Waals surface area contributed by atoms with Crippen molar-refractivity contribution in [1.29, 1.82) is 0 Å². The normalized spacial score (nSPS) is 20.4. The largest absolute Gasteiger partial charge is 0.350 e. The lowest BCUT2D eigenvalue weighted by Gasteiger charge is -2.43. The Kier molecular flexibility index (Phi) is 5.11. The summed E-state index contributed by atoms with van der Waals surface area (Å²) in [7, 11) is 0. The van der Waals surface area contributed by atoms with Crippen LogP contribution >= 0.6 is 0 Å². The molecule has 0 saturated carbocycles. The number of hydrogen-bond donors (Lipinski definition) is 1. The van der Waals surface area contributed by atoms with E-state index in [1.165, 1.54) is 5.56 Å². The fraction of sp³-hybridized carbons (Fsp3) is 0.632. The zero-order chi connectivity index (χ0) is 17.2. The van der Waals surface area contributed by atoms with E-state index in [9.17, 15) is 4.79 Å². The molecule has 132 valence electrons. The number of amides is 2. The number of nitrogens with zero attached hydrogens (tertiary/aromatic N) is 1. The molecule has 3 rings (SSSR count). The first-order valence-electron chi connectivity index (χ1n) is 8.94.